The van der Waals surface area contributed by atoms with Gasteiger partial charge >= 0.3 is 0 Å². The van der Waals surface area contributed by atoms with E-state index in [-0.39, 0.29) is 0 Å². The molecular formula is C9H13NO2. The molecule has 1 aliphatic heterocycles. The molecule has 1 rings (SSSR count). The fourth-order valence-corrected chi connectivity index (χ4v) is 1.48. The number of rotatable bonds is 3. The summed E-state index contributed by atoms with van der Waals surface area (Å²) in [4.78, 5) is 10.4. The Morgan fingerprint density at radius 2 is 2.25 bits per heavy atom. The van der Waals surface area contributed by atoms with E-state index in [1.54, 1.807) is 0 Å². The van der Waals surface area contributed by atoms with Crippen LogP contribution in [0, 0.1) is 23.2 Å². The van der Waals surface area contributed by atoms with E-state index in [0.29, 0.717) is 12.3 Å². The van der Waals surface area contributed by atoms with Gasteiger partial charge in [0, 0.05) is 13.2 Å². The van der Waals surface area contributed by atoms with E-state index in [0.717, 1.165) is 32.3 Å². The van der Waals surface area contributed by atoms with E-state index in [9.17, 15) is 4.79 Å². The van der Waals surface area contributed by atoms with Crippen LogP contribution in [0.3, 0.4) is 0 Å². The number of hydrogen-bond donors (Lipinski definition) is 0. The summed E-state index contributed by atoms with van der Waals surface area (Å²) in [5.74, 6) is 0.0988. The monoisotopic (exact) mass is 167 g/mol. The van der Waals surface area contributed by atoms with Gasteiger partial charge in [-0.15, -0.1) is 0 Å². The van der Waals surface area contributed by atoms with Gasteiger partial charge in [-0.3, -0.25) is 0 Å². The maximum Gasteiger partial charge on any atom is 0.137 e. The number of ether oxygens (including phenoxy) is 1. The quantitative estimate of drug-likeness (QED) is 0.592. The summed E-state index contributed by atoms with van der Waals surface area (Å²) in [6, 6.07) is 1.99. The third-order valence-electron chi connectivity index (χ3n) is 2.26. The Hall–Kier alpha value is -0.880. The topological polar surface area (TPSA) is 50.1 Å². The third kappa shape index (κ3) is 2.63. The molecule has 0 radical (unpaired) electrons. The second-order valence-corrected chi connectivity index (χ2v) is 3.16. The van der Waals surface area contributed by atoms with Crippen molar-refractivity contribution in [2.24, 2.45) is 11.8 Å². The lowest BCUT2D eigenvalue weighted by Crippen LogP contribution is -2.18. The standard InChI is InChI=1S/C9H13NO2/c10-6-9(7-11)5-8-1-3-12-4-2-8/h7-9H,1-5H2. The minimum Gasteiger partial charge on any atom is -0.381 e. The lowest BCUT2D eigenvalue weighted by Gasteiger charge is -2.22. The normalized spacial score (nSPS) is 21.2. The van der Waals surface area contributed by atoms with E-state index in [2.05, 4.69) is 0 Å². The number of nitrogens with zero attached hydrogens (tertiary/aromatic N) is 1. The average Bonchev–Trinajstić information content (AvgIpc) is 2.16. The smallest absolute Gasteiger partial charge is 0.137 e. The van der Waals surface area contributed by atoms with E-state index in [1.165, 1.54) is 0 Å². The first kappa shape index (κ1) is 9.21. The van der Waals surface area contributed by atoms with Gasteiger partial charge in [0.15, 0.2) is 0 Å². The first-order valence-electron chi connectivity index (χ1n) is 4.29. The number of hydrogen-bond acceptors (Lipinski definition) is 3. The minimum absolute atomic E-state index is 0.409. The van der Waals surface area contributed by atoms with Crippen LogP contribution >= 0.6 is 0 Å². The first-order valence-corrected chi connectivity index (χ1v) is 4.29. The van der Waals surface area contributed by atoms with Gasteiger partial charge in [0.2, 0.25) is 0 Å². The second-order valence-electron chi connectivity index (χ2n) is 3.16. The molecule has 0 aliphatic carbocycles. The highest BCUT2D eigenvalue weighted by molar-refractivity contribution is 5.57. The molecule has 0 aromatic rings. The van der Waals surface area contributed by atoms with Crippen molar-refractivity contribution >= 4 is 6.29 Å². The Morgan fingerprint density at radius 3 is 2.75 bits per heavy atom. The summed E-state index contributed by atoms with van der Waals surface area (Å²) in [6.45, 7) is 1.56. The molecule has 1 fully saturated rings. The van der Waals surface area contributed by atoms with Crippen molar-refractivity contribution in [1.82, 2.24) is 0 Å². The van der Waals surface area contributed by atoms with Gasteiger partial charge in [-0.2, -0.15) is 5.26 Å². The predicted octanol–water partition coefficient (Wildman–Crippen LogP) is 1.14. The van der Waals surface area contributed by atoms with Gasteiger partial charge in [0.05, 0.1) is 6.07 Å². The number of nitriles is 1. The molecule has 12 heavy (non-hydrogen) atoms. The van der Waals surface area contributed by atoms with Crippen molar-refractivity contribution in [3.63, 3.8) is 0 Å². The van der Waals surface area contributed by atoms with E-state index >= 15 is 0 Å². The number of carbonyl (C=O) groups is 1. The van der Waals surface area contributed by atoms with Crippen molar-refractivity contribution in [3.05, 3.63) is 0 Å². The Labute approximate surface area is 72.3 Å². The highest BCUT2D eigenvalue weighted by atomic mass is 16.5. The van der Waals surface area contributed by atoms with Crippen LogP contribution in [0.4, 0.5) is 0 Å². The first-order chi connectivity index (χ1) is 5.86. The zero-order chi connectivity index (χ0) is 8.81. The van der Waals surface area contributed by atoms with Crippen LogP contribution < -0.4 is 0 Å². The maximum absolute atomic E-state index is 10.4. The molecule has 0 saturated carbocycles. The summed E-state index contributed by atoms with van der Waals surface area (Å²) in [5.41, 5.74) is 0. The molecular weight excluding hydrogens is 154 g/mol. The van der Waals surface area contributed by atoms with Crippen LogP contribution in [-0.2, 0) is 9.53 Å². The molecule has 1 aliphatic rings. The molecule has 1 saturated heterocycles. The third-order valence-corrected chi connectivity index (χ3v) is 2.26. The van der Waals surface area contributed by atoms with Crippen molar-refractivity contribution in [1.29, 1.82) is 5.26 Å². The SMILES string of the molecule is N#CC(C=O)CC1CCOCC1. The molecule has 1 unspecified atom stereocenters. The summed E-state index contributed by atoms with van der Waals surface area (Å²) in [5, 5.41) is 8.54. The molecule has 1 atom stereocenters. The summed E-state index contributed by atoms with van der Waals surface area (Å²) in [7, 11) is 0. The van der Waals surface area contributed by atoms with Crippen LogP contribution in [-0.4, -0.2) is 19.5 Å². The van der Waals surface area contributed by atoms with Crippen LogP contribution in [0.15, 0.2) is 0 Å². The average molecular weight is 167 g/mol. The van der Waals surface area contributed by atoms with Crippen LogP contribution in [0.1, 0.15) is 19.3 Å². The molecule has 0 bridgehead atoms. The van der Waals surface area contributed by atoms with E-state index < -0.39 is 5.92 Å². The molecule has 0 aromatic carbocycles. The van der Waals surface area contributed by atoms with E-state index in [4.69, 9.17) is 10.00 Å². The van der Waals surface area contributed by atoms with E-state index in [1.807, 2.05) is 6.07 Å². The maximum atomic E-state index is 10.4. The Bertz CT molecular complexity index is 179. The van der Waals surface area contributed by atoms with Crippen molar-refractivity contribution < 1.29 is 9.53 Å². The molecule has 3 nitrogen and oxygen atoms in total. The van der Waals surface area contributed by atoms with Gasteiger partial charge in [-0.25, -0.2) is 0 Å². The van der Waals surface area contributed by atoms with Gasteiger partial charge in [-0.1, -0.05) is 0 Å². The highest BCUT2D eigenvalue weighted by Gasteiger charge is 2.18. The summed E-state index contributed by atoms with van der Waals surface area (Å²) < 4.78 is 5.18. The van der Waals surface area contributed by atoms with Crippen molar-refractivity contribution in [2.45, 2.75) is 19.3 Å². The van der Waals surface area contributed by atoms with Crippen LogP contribution in [0.25, 0.3) is 0 Å². The molecule has 0 N–H and O–H groups in total. The zero-order valence-corrected chi connectivity index (χ0v) is 7.03. The lowest BCUT2D eigenvalue weighted by molar-refractivity contribution is -0.110. The van der Waals surface area contributed by atoms with Crippen molar-refractivity contribution in [2.75, 3.05) is 13.2 Å². The molecule has 3 heteroatoms. The van der Waals surface area contributed by atoms with Gasteiger partial charge in [0.1, 0.15) is 12.2 Å². The molecule has 66 valence electrons. The number of carbonyl (C=O) groups excluding carboxylic acids is 1. The fraction of sp³-hybridized carbons (Fsp3) is 0.778. The Balaban J connectivity index is 2.28. The summed E-state index contributed by atoms with van der Waals surface area (Å²) >= 11 is 0. The Morgan fingerprint density at radius 1 is 1.58 bits per heavy atom. The largest absolute Gasteiger partial charge is 0.381 e. The molecule has 1 heterocycles. The molecule has 0 aromatic heterocycles. The van der Waals surface area contributed by atoms with Gasteiger partial charge < -0.3 is 9.53 Å². The molecule has 0 spiro atoms. The zero-order valence-electron chi connectivity index (χ0n) is 7.03. The fourth-order valence-electron chi connectivity index (χ4n) is 1.48. The highest BCUT2D eigenvalue weighted by Crippen LogP contribution is 2.21. The lowest BCUT2D eigenvalue weighted by atomic mass is 9.90. The van der Waals surface area contributed by atoms with Gasteiger partial charge in [0.25, 0.3) is 0 Å². The van der Waals surface area contributed by atoms with Crippen LogP contribution in [0.2, 0.25) is 0 Å². The number of aldehydes is 1. The summed E-state index contributed by atoms with van der Waals surface area (Å²) in [6.07, 6.45) is 3.44. The Kier molecular flexibility index (Phi) is 3.75. The predicted molar refractivity (Wildman–Crippen MR) is 43.3 cm³/mol. The van der Waals surface area contributed by atoms with Crippen LogP contribution in [0.5, 0.6) is 0 Å². The second kappa shape index (κ2) is 4.89. The van der Waals surface area contributed by atoms with Crippen molar-refractivity contribution in [3.8, 4) is 6.07 Å². The minimum atomic E-state index is -0.409. The molecule has 0 amide bonds. The van der Waals surface area contributed by atoms with Gasteiger partial charge in [-0.05, 0) is 25.2 Å².